The molecule has 1 rings (SSSR count). The monoisotopic (exact) mass is 300 g/mol. The van der Waals surface area contributed by atoms with Gasteiger partial charge in [0, 0.05) is 5.56 Å². The third-order valence-electron chi connectivity index (χ3n) is 2.94. The highest BCUT2D eigenvalue weighted by Crippen LogP contribution is 2.29. The van der Waals surface area contributed by atoms with Crippen molar-refractivity contribution < 1.29 is 45.0 Å². The van der Waals surface area contributed by atoms with Gasteiger partial charge in [-0.2, -0.15) is 0 Å². The Balaban J connectivity index is 4.11. The summed E-state index contributed by atoms with van der Waals surface area (Å²) >= 11 is 0. The van der Waals surface area contributed by atoms with Crippen LogP contribution in [-0.4, -0.2) is 48.5 Å². The average Bonchev–Trinajstić information content (AvgIpc) is 2.42. The van der Waals surface area contributed by atoms with Crippen molar-refractivity contribution in [2.24, 2.45) is 0 Å². The van der Waals surface area contributed by atoms with Gasteiger partial charge in [0.05, 0.1) is 36.5 Å². The van der Waals surface area contributed by atoms with Gasteiger partial charge < -0.3 is 30.6 Å². The van der Waals surface area contributed by atoms with Crippen molar-refractivity contribution in [3.05, 3.63) is 33.4 Å². The molecule has 0 aliphatic heterocycles. The zero-order chi connectivity index (χ0) is 16.3. The van der Waals surface area contributed by atoms with Gasteiger partial charge in [0.25, 0.3) is 0 Å². The second-order valence-corrected chi connectivity index (χ2v) is 3.95. The molecule has 0 radical (unpaired) electrons. The number of hydrogen-bond donors (Lipinski definition) is 6. The molecule has 0 aliphatic rings. The van der Waals surface area contributed by atoms with E-state index >= 15 is 0 Å². The van der Waals surface area contributed by atoms with E-state index in [4.69, 9.17) is 15.3 Å². The number of aliphatic hydroxyl groups excluding tert-OH is 3. The molecule has 0 saturated carbocycles. The molecule has 0 saturated heterocycles. The van der Waals surface area contributed by atoms with E-state index in [0.717, 1.165) is 0 Å². The Morgan fingerprint density at radius 1 is 0.571 bits per heavy atom. The first-order valence-electron chi connectivity index (χ1n) is 5.54. The molecule has 0 spiro atoms. The largest absolute Gasteiger partial charge is 0.478 e. The summed E-state index contributed by atoms with van der Waals surface area (Å²) in [5, 5.41) is 55.0. The SMILES string of the molecule is O=C(O)c1c(CO)c(CO)c(C(=O)O)c(C(=O)O)c1CO. The molecule has 0 aliphatic carbocycles. The summed E-state index contributed by atoms with van der Waals surface area (Å²) in [4.78, 5) is 33.7. The molecular weight excluding hydrogens is 288 g/mol. The normalized spacial score (nSPS) is 10.4. The van der Waals surface area contributed by atoms with E-state index in [-0.39, 0.29) is 0 Å². The van der Waals surface area contributed by atoms with Gasteiger partial charge in [-0.15, -0.1) is 0 Å². The fraction of sp³-hybridized carbons (Fsp3) is 0.250. The Kier molecular flexibility index (Phi) is 4.97. The zero-order valence-electron chi connectivity index (χ0n) is 10.5. The number of aromatic carboxylic acids is 3. The maximum absolute atomic E-state index is 11.2. The Hall–Kier alpha value is -2.49. The van der Waals surface area contributed by atoms with Crippen LogP contribution < -0.4 is 0 Å². The van der Waals surface area contributed by atoms with Gasteiger partial charge in [-0.1, -0.05) is 0 Å². The van der Waals surface area contributed by atoms with Gasteiger partial charge in [-0.05, 0) is 11.1 Å². The Morgan fingerprint density at radius 3 is 1.14 bits per heavy atom. The number of rotatable bonds is 6. The minimum absolute atomic E-state index is 0.448. The summed E-state index contributed by atoms with van der Waals surface area (Å²) in [5.41, 5.74) is -4.12. The summed E-state index contributed by atoms with van der Waals surface area (Å²) in [7, 11) is 0. The van der Waals surface area contributed by atoms with Crippen molar-refractivity contribution in [2.75, 3.05) is 0 Å². The van der Waals surface area contributed by atoms with Crippen LogP contribution in [0.2, 0.25) is 0 Å². The first-order chi connectivity index (χ1) is 9.81. The third-order valence-corrected chi connectivity index (χ3v) is 2.94. The van der Waals surface area contributed by atoms with E-state index in [9.17, 15) is 29.7 Å². The quantitative estimate of drug-likeness (QED) is 0.395. The van der Waals surface area contributed by atoms with Gasteiger partial charge >= 0.3 is 17.9 Å². The lowest BCUT2D eigenvalue weighted by atomic mass is 9.86. The fourth-order valence-electron chi connectivity index (χ4n) is 2.15. The highest BCUT2D eigenvalue weighted by molar-refractivity contribution is 6.07. The minimum Gasteiger partial charge on any atom is -0.478 e. The standard InChI is InChI=1S/C12H12O9/c13-1-4-5(2-14)8(11(18)19)9(12(20)21)6(3-15)7(4)10(16)17/h13-15H,1-3H2,(H,16,17)(H,18,19)(H,20,21). The fourth-order valence-corrected chi connectivity index (χ4v) is 2.15. The smallest absolute Gasteiger partial charge is 0.336 e. The molecule has 0 bridgehead atoms. The van der Waals surface area contributed by atoms with Gasteiger partial charge in [0.2, 0.25) is 0 Å². The van der Waals surface area contributed by atoms with E-state index in [0.29, 0.717) is 0 Å². The molecule has 0 amide bonds. The van der Waals surface area contributed by atoms with Gasteiger partial charge in [0.1, 0.15) is 0 Å². The van der Waals surface area contributed by atoms with E-state index in [2.05, 4.69) is 0 Å². The van der Waals surface area contributed by atoms with E-state index in [1.807, 2.05) is 0 Å². The van der Waals surface area contributed by atoms with Crippen molar-refractivity contribution in [3.8, 4) is 0 Å². The molecule has 21 heavy (non-hydrogen) atoms. The highest BCUT2D eigenvalue weighted by atomic mass is 16.4. The summed E-state index contributed by atoms with van der Waals surface area (Å²) in [6.07, 6.45) is 0. The third kappa shape index (κ3) is 2.70. The number of carbonyl (C=O) groups is 3. The van der Waals surface area contributed by atoms with E-state index in [1.54, 1.807) is 0 Å². The Morgan fingerprint density at radius 2 is 0.857 bits per heavy atom. The van der Waals surface area contributed by atoms with Crippen LogP contribution in [0.25, 0.3) is 0 Å². The molecular formula is C12H12O9. The molecule has 1 aromatic rings. The van der Waals surface area contributed by atoms with E-state index in [1.165, 1.54) is 0 Å². The summed E-state index contributed by atoms with van der Waals surface area (Å²) in [6.45, 7) is -2.98. The van der Waals surface area contributed by atoms with Crippen LogP contribution in [0.3, 0.4) is 0 Å². The van der Waals surface area contributed by atoms with Crippen molar-refractivity contribution in [1.82, 2.24) is 0 Å². The average molecular weight is 300 g/mol. The molecule has 0 atom stereocenters. The molecule has 114 valence electrons. The minimum atomic E-state index is -1.77. The highest BCUT2D eigenvalue weighted by Gasteiger charge is 2.32. The van der Waals surface area contributed by atoms with Gasteiger partial charge in [0.15, 0.2) is 0 Å². The second-order valence-electron chi connectivity index (χ2n) is 3.95. The first-order valence-corrected chi connectivity index (χ1v) is 5.54. The predicted molar refractivity (Wildman–Crippen MR) is 65.1 cm³/mol. The molecule has 9 heteroatoms. The van der Waals surface area contributed by atoms with Crippen LogP contribution in [-0.2, 0) is 19.8 Å². The van der Waals surface area contributed by atoms with Crippen LogP contribution in [0.1, 0.15) is 47.8 Å². The molecule has 0 unspecified atom stereocenters. The van der Waals surface area contributed by atoms with Crippen molar-refractivity contribution in [2.45, 2.75) is 19.8 Å². The summed E-state index contributed by atoms with van der Waals surface area (Å²) < 4.78 is 0. The van der Waals surface area contributed by atoms with Crippen molar-refractivity contribution in [1.29, 1.82) is 0 Å². The number of carboxylic acid groups (broad SMARTS) is 3. The molecule has 0 heterocycles. The second kappa shape index (κ2) is 6.31. The molecule has 1 aromatic carbocycles. The molecule has 0 fully saturated rings. The number of benzene rings is 1. The molecule has 0 aromatic heterocycles. The van der Waals surface area contributed by atoms with Crippen molar-refractivity contribution in [3.63, 3.8) is 0 Å². The molecule has 6 N–H and O–H groups in total. The van der Waals surface area contributed by atoms with Crippen molar-refractivity contribution >= 4 is 17.9 Å². The van der Waals surface area contributed by atoms with Gasteiger partial charge in [-0.3, -0.25) is 0 Å². The van der Waals surface area contributed by atoms with Crippen LogP contribution in [0.15, 0.2) is 0 Å². The number of carboxylic acids is 3. The van der Waals surface area contributed by atoms with Crippen LogP contribution in [0, 0.1) is 0 Å². The van der Waals surface area contributed by atoms with E-state index < -0.39 is 71.1 Å². The Labute approximate surface area is 117 Å². The zero-order valence-corrected chi connectivity index (χ0v) is 10.5. The maximum Gasteiger partial charge on any atom is 0.336 e. The van der Waals surface area contributed by atoms with Crippen LogP contribution >= 0.6 is 0 Å². The predicted octanol–water partition coefficient (Wildman–Crippen LogP) is -0.742. The Bertz CT molecular complexity index is 618. The summed E-state index contributed by atoms with van der Waals surface area (Å²) in [6, 6.07) is 0. The lowest BCUT2D eigenvalue weighted by molar-refractivity contribution is 0.0640. The van der Waals surface area contributed by atoms with Crippen LogP contribution in [0.4, 0.5) is 0 Å². The summed E-state index contributed by atoms with van der Waals surface area (Å²) in [5.74, 6) is -5.15. The van der Waals surface area contributed by atoms with Crippen LogP contribution in [0.5, 0.6) is 0 Å². The topological polar surface area (TPSA) is 173 Å². The number of aliphatic hydroxyl groups is 3. The number of hydrogen-bond acceptors (Lipinski definition) is 6. The molecule has 9 nitrogen and oxygen atoms in total. The van der Waals surface area contributed by atoms with Gasteiger partial charge in [-0.25, -0.2) is 14.4 Å². The maximum atomic E-state index is 11.2. The first kappa shape index (κ1) is 16.6. The lowest BCUT2D eigenvalue weighted by Gasteiger charge is -2.18. The lowest BCUT2D eigenvalue weighted by Crippen LogP contribution is -2.22.